The lowest BCUT2D eigenvalue weighted by atomic mass is 10.0. The lowest BCUT2D eigenvalue weighted by Gasteiger charge is -2.20. The predicted molar refractivity (Wildman–Crippen MR) is 136 cm³/mol. The number of rotatable bonds is 6. The lowest BCUT2D eigenvalue weighted by molar-refractivity contribution is -0.141. The highest BCUT2D eigenvalue weighted by Gasteiger charge is 2.36. The monoisotopic (exact) mass is 540 g/mol. The van der Waals surface area contributed by atoms with E-state index in [1.165, 1.54) is 42.5 Å². The molecule has 13 heteroatoms. The van der Waals surface area contributed by atoms with Gasteiger partial charge in [0.05, 0.1) is 23.9 Å². The van der Waals surface area contributed by atoms with E-state index in [0.29, 0.717) is 28.3 Å². The number of anilines is 3. The number of nitrogens with zero attached hydrogens (tertiary/aromatic N) is 4. The molecule has 200 valence electrons. The highest BCUT2D eigenvalue weighted by atomic mass is 19.4. The van der Waals surface area contributed by atoms with Crippen LogP contribution in [-0.2, 0) is 11.0 Å². The summed E-state index contributed by atoms with van der Waals surface area (Å²) >= 11 is 0. The van der Waals surface area contributed by atoms with Crippen LogP contribution in [0.25, 0.3) is 27.8 Å². The van der Waals surface area contributed by atoms with Crippen LogP contribution in [0.3, 0.4) is 0 Å². The molecule has 3 aromatic carbocycles. The Kier molecular flexibility index (Phi) is 6.44. The summed E-state index contributed by atoms with van der Waals surface area (Å²) in [6.07, 6.45) is -4.82. The van der Waals surface area contributed by atoms with Crippen LogP contribution in [0.2, 0.25) is 0 Å². The average Bonchev–Trinajstić information content (AvgIpc) is 3.53. The molecule has 0 aliphatic carbocycles. The molecule has 0 atom stereocenters. The third-order valence-corrected chi connectivity index (χ3v) is 5.99. The van der Waals surface area contributed by atoms with Gasteiger partial charge in [-0.1, -0.05) is 23.4 Å². The molecule has 0 bridgehead atoms. The fraction of sp³-hybridized carbons (Fsp3) is 0.115. The third kappa shape index (κ3) is 4.86. The van der Waals surface area contributed by atoms with Gasteiger partial charge in [-0.3, -0.25) is 14.7 Å². The van der Waals surface area contributed by atoms with Crippen molar-refractivity contribution >= 4 is 34.1 Å². The lowest BCUT2D eigenvalue weighted by Crippen LogP contribution is -2.17. The Labute approximate surface area is 218 Å². The number of carbonyl (C=O) groups excluding carboxylic acids is 1. The summed E-state index contributed by atoms with van der Waals surface area (Å²) in [4.78, 5) is 18.3. The number of hydrogen-bond donors (Lipinski definition) is 2. The Hall–Kier alpha value is -4.91. The van der Waals surface area contributed by atoms with Gasteiger partial charge in [-0.25, -0.2) is 9.07 Å². The van der Waals surface area contributed by atoms with Crippen molar-refractivity contribution in [1.29, 1.82) is 0 Å². The first kappa shape index (κ1) is 25.7. The first-order valence-corrected chi connectivity index (χ1v) is 11.4. The number of nitrogens with one attached hydrogen (secondary N) is 1. The van der Waals surface area contributed by atoms with Crippen molar-refractivity contribution in [2.75, 3.05) is 30.3 Å². The van der Waals surface area contributed by atoms with E-state index in [2.05, 4.69) is 15.6 Å². The molecule has 0 radical (unpaired) electrons. The molecule has 0 unspecified atom stereocenters. The van der Waals surface area contributed by atoms with Crippen LogP contribution < -0.4 is 16.1 Å². The minimum Gasteiger partial charge on any atom is -0.380 e. The molecular formula is C26H20F4N6O3. The smallest absolute Gasteiger partial charge is 0.380 e. The Morgan fingerprint density at radius 1 is 1.08 bits per heavy atom. The number of fused-ring (bicyclic) bond motifs is 1. The van der Waals surface area contributed by atoms with Crippen molar-refractivity contribution in [3.05, 3.63) is 83.9 Å². The molecule has 0 aliphatic heterocycles. The number of nitrogens with two attached hydrogens (primary N) is 1. The molecule has 2 heterocycles. The van der Waals surface area contributed by atoms with E-state index in [1.54, 1.807) is 31.3 Å². The zero-order valence-corrected chi connectivity index (χ0v) is 20.5. The van der Waals surface area contributed by atoms with Gasteiger partial charge >= 0.3 is 6.18 Å². The van der Waals surface area contributed by atoms with Crippen LogP contribution in [0.4, 0.5) is 34.8 Å². The van der Waals surface area contributed by atoms with E-state index >= 15 is 4.39 Å². The van der Waals surface area contributed by atoms with E-state index in [1.807, 2.05) is 0 Å². The molecule has 5 aromatic rings. The summed E-state index contributed by atoms with van der Waals surface area (Å²) < 4.78 is 61.6. The second-order valence-electron chi connectivity index (χ2n) is 8.42. The number of amides is 1. The summed E-state index contributed by atoms with van der Waals surface area (Å²) in [5.74, 6) is -1.58. The Bertz CT molecular complexity index is 1700. The number of nitrogen functional groups attached to an aromatic ring is 1. The summed E-state index contributed by atoms with van der Waals surface area (Å²) in [5.41, 5.74) is 5.85. The first-order chi connectivity index (χ1) is 18.6. The minimum absolute atomic E-state index is 0.0230. The van der Waals surface area contributed by atoms with Crippen LogP contribution in [0, 0.1) is 5.82 Å². The fourth-order valence-corrected chi connectivity index (χ4v) is 4.04. The topological polar surface area (TPSA) is 111 Å². The van der Waals surface area contributed by atoms with E-state index < -0.39 is 29.3 Å². The molecule has 2 aromatic heterocycles. The second kappa shape index (κ2) is 9.76. The summed E-state index contributed by atoms with van der Waals surface area (Å²) in [7, 11) is 3.14. The normalized spacial score (nSPS) is 11.6. The number of para-hydroxylation sites is 1. The van der Waals surface area contributed by atoms with Crippen molar-refractivity contribution in [2.24, 2.45) is 0 Å². The van der Waals surface area contributed by atoms with Gasteiger partial charge in [0.2, 0.25) is 0 Å². The van der Waals surface area contributed by atoms with Crippen molar-refractivity contribution in [2.45, 2.75) is 6.18 Å². The van der Waals surface area contributed by atoms with Gasteiger partial charge < -0.3 is 15.6 Å². The maximum Gasteiger partial charge on any atom is 0.435 e. The van der Waals surface area contributed by atoms with Gasteiger partial charge in [-0.2, -0.15) is 18.3 Å². The summed E-state index contributed by atoms with van der Waals surface area (Å²) in [6, 6.07) is 15.8. The molecule has 9 nitrogen and oxygen atoms in total. The molecule has 0 fully saturated rings. The molecule has 0 saturated carbocycles. The van der Waals surface area contributed by atoms with Crippen LogP contribution in [0.5, 0.6) is 0 Å². The first-order valence-electron chi connectivity index (χ1n) is 11.4. The maximum atomic E-state index is 15.2. The quantitative estimate of drug-likeness (QED) is 0.211. The van der Waals surface area contributed by atoms with E-state index in [0.717, 1.165) is 10.7 Å². The van der Waals surface area contributed by atoms with E-state index in [4.69, 9.17) is 15.1 Å². The van der Waals surface area contributed by atoms with Gasteiger partial charge in [0.25, 0.3) is 5.91 Å². The average molecular weight is 540 g/mol. The van der Waals surface area contributed by atoms with E-state index in [-0.39, 0.29) is 22.8 Å². The van der Waals surface area contributed by atoms with Gasteiger partial charge in [-0.15, -0.1) is 0 Å². The molecule has 3 N–H and O–H groups in total. The van der Waals surface area contributed by atoms with Crippen molar-refractivity contribution in [1.82, 2.24) is 14.9 Å². The summed E-state index contributed by atoms with van der Waals surface area (Å²) in [6.45, 7) is 0. The highest BCUT2D eigenvalue weighted by molar-refractivity contribution is 6.04. The van der Waals surface area contributed by atoms with Gasteiger partial charge in [0.1, 0.15) is 11.5 Å². The zero-order valence-electron chi connectivity index (χ0n) is 20.5. The maximum absolute atomic E-state index is 15.2. The van der Waals surface area contributed by atoms with Crippen molar-refractivity contribution in [3.63, 3.8) is 0 Å². The largest absolute Gasteiger partial charge is 0.435 e. The SMILES string of the molecule is CON(C)c1ccccc1-c1ccc(NC(=O)c2cc(C(F)(F)F)nn2-c2ccc3onc(N)c3c2)cc1F. The molecule has 0 saturated heterocycles. The van der Waals surface area contributed by atoms with Crippen LogP contribution in [-0.4, -0.2) is 35.0 Å². The second-order valence-corrected chi connectivity index (χ2v) is 8.42. The Balaban J connectivity index is 1.49. The van der Waals surface area contributed by atoms with Gasteiger partial charge in [-0.05, 0) is 42.5 Å². The molecule has 5 rings (SSSR count). The van der Waals surface area contributed by atoms with E-state index in [9.17, 15) is 18.0 Å². The van der Waals surface area contributed by atoms with Gasteiger partial charge in [0, 0.05) is 29.9 Å². The van der Waals surface area contributed by atoms with Crippen molar-refractivity contribution < 1.29 is 31.7 Å². The fourth-order valence-electron chi connectivity index (χ4n) is 4.04. The number of hydroxylamine groups is 1. The Morgan fingerprint density at radius 3 is 2.56 bits per heavy atom. The molecule has 0 aliphatic rings. The number of benzene rings is 3. The van der Waals surface area contributed by atoms with Crippen molar-refractivity contribution in [3.8, 4) is 16.8 Å². The number of alkyl halides is 3. The van der Waals surface area contributed by atoms with Crippen LogP contribution in [0.1, 0.15) is 16.2 Å². The molecule has 0 spiro atoms. The third-order valence-electron chi connectivity index (χ3n) is 5.99. The highest BCUT2D eigenvalue weighted by Crippen LogP contribution is 2.34. The Morgan fingerprint density at radius 2 is 1.85 bits per heavy atom. The predicted octanol–water partition coefficient (Wildman–Crippen LogP) is 5.67. The zero-order chi connectivity index (χ0) is 27.9. The number of hydrogen-bond acceptors (Lipinski definition) is 7. The molecule has 39 heavy (non-hydrogen) atoms. The molecular weight excluding hydrogens is 520 g/mol. The number of halogens is 4. The molecule has 1 amide bonds. The van der Waals surface area contributed by atoms with Gasteiger partial charge in [0.15, 0.2) is 17.1 Å². The summed E-state index contributed by atoms with van der Waals surface area (Å²) in [5, 5.41) is 11.5. The van der Waals surface area contributed by atoms with Crippen LogP contribution >= 0.6 is 0 Å². The minimum atomic E-state index is -4.82. The van der Waals surface area contributed by atoms with Crippen LogP contribution in [0.15, 0.2) is 71.3 Å². The number of carbonyl (C=O) groups is 1. The number of aromatic nitrogens is 3. The standard InChI is InChI=1S/C26H20F4N6O3/c1-35(38-2)20-6-4-3-5-17(20)16-9-7-14(11-19(16)27)32-25(37)21-13-23(26(28,29)30)33-36(21)15-8-10-22-18(12-15)24(31)34-39-22/h3-13H,1-2H3,(H2,31,34)(H,32,37).